The standard InChI is InChI=1S/C10H15BrO2/c1-8(2)4-3-5-9(6-7-11)10(12)13/h4,6H,3,5,7H2,1-2H3,(H,12,13)/b9-6+. The van der Waals surface area contributed by atoms with Crippen molar-refractivity contribution in [1.82, 2.24) is 0 Å². The number of alkyl halides is 1. The van der Waals surface area contributed by atoms with Crippen molar-refractivity contribution in [1.29, 1.82) is 0 Å². The Kier molecular flexibility index (Phi) is 6.59. The van der Waals surface area contributed by atoms with Crippen LogP contribution in [0.4, 0.5) is 0 Å². The molecule has 0 atom stereocenters. The van der Waals surface area contributed by atoms with Gasteiger partial charge < -0.3 is 5.11 Å². The molecular formula is C10H15BrO2. The van der Waals surface area contributed by atoms with Gasteiger partial charge in [-0.25, -0.2) is 4.79 Å². The molecule has 0 spiro atoms. The van der Waals surface area contributed by atoms with Crippen molar-refractivity contribution in [3.63, 3.8) is 0 Å². The molecule has 3 heteroatoms. The number of allylic oxidation sites excluding steroid dienone is 3. The van der Waals surface area contributed by atoms with Crippen LogP contribution in [-0.2, 0) is 4.79 Å². The minimum atomic E-state index is -0.818. The van der Waals surface area contributed by atoms with Crippen LogP contribution in [0.3, 0.4) is 0 Å². The van der Waals surface area contributed by atoms with Gasteiger partial charge in [0.2, 0.25) is 0 Å². The van der Waals surface area contributed by atoms with Gasteiger partial charge in [0.05, 0.1) is 0 Å². The Morgan fingerprint density at radius 3 is 2.38 bits per heavy atom. The van der Waals surface area contributed by atoms with Crippen LogP contribution in [-0.4, -0.2) is 16.4 Å². The third-order valence-corrected chi connectivity index (χ3v) is 1.89. The number of halogens is 1. The summed E-state index contributed by atoms with van der Waals surface area (Å²) in [7, 11) is 0. The maximum atomic E-state index is 10.7. The Labute approximate surface area is 87.5 Å². The third-order valence-electron chi connectivity index (χ3n) is 1.56. The zero-order chi connectivity index (χ0) is 10.3. The second-order valence-corrected chi connectivity index (χ2v) is 3.66. The fourth-order valence-corrected chi connectivity index (χ4v) is 1.30. The molecule has 0 radical (unpaired) electrons. The molecule has 0 rings (SSSR count). The molecule has 0 aromatic carbocycles. The van der Waals surface area contributed by atoms with Crippen LogP contribution in [0.2, 0.25) is 0 Å². The summed E-state index contributed by atoms with van der Waals surface area (Å²) in [5.41, 5.74) is 1.71. The molecule has 0 aliphatic rings. The highest BCUT2D eigenvalue weighted by atomic mass is 79.9. The number of carbonyl (C=O) groups is 1. The molecule has 0 fully saturated rings. The van der Waals surface area contributed by atoms with Gasteiger partial charge in [-0.1, -0.05) is 33.7 Å². The molecule has 0 aliphatic carbocycles. The predicted molar refractivity (Wildman–Crippen MR) is 58.2 cm³/mol. The van der Waals surface area contributed by atoms with Gasteiger partial charge in [0.25, 0.3) is 0 Å². The molecule has 74 valence electrons. The quantitative estimate of drug-likeness (QED) is 0.460. The molecule has 2 nitrogen and oxygen atoms in total. The minimum Gasteiger partial charge on any atom is -0.478 e. The van der Waals surface area contributed by atoms with Gasteiger partial charge in [0, 0.05) is 10.9 Å². The maximum Gasteiger partial charge on any atom is 0.331 e. The molecule has 0 amide bonds. The molecule has 0 saturated carbocycles. The summed E-state index contributed by atoms with van der Waals surface area (Å²) in [6.45, 7) is 4.02. The van der Waals surface area contributed by atoms with E-state index in [2.05, 4.69) is 15.9 Å². The van der Waals surface area contributed by atoms with Crippen molar-refractivity contribution in [2.45, 2.75) is 26.7 Å². The Morgan fingerprint density at radius 2 is 2.00 bits per heavy atom. The van der Waals surface area contributed by atoms with Crippen LogP contribution in [0.1, 0.15) is 26.7 Å². The monoisotopic (exact) mass is 246 g/mol. The SMILES string of the molecule is CC(C)=CCC/C(=C\CBr)C(=O)O. The average molecular weight is 247 g/mol. The van der Waals surface area contributed by atoms with Gasteiger partial charge in [-0.05, 0) is 26.7 Å². The van der Waals surface area contributed by atoms with Gasteiger partial charge in [-0.15, -0.1) is 0 Å². The first-order chi connectivity index (χ1) is 6.07. The summed E-state index contributed by atoms with van der Waals surface area (Å²) in [5.74, 6) is -0.818. The van der Waals surface area contributed by atoms with Crippen LogP contribution in [0, 0.1) is 0 Å². The zero-order valence-corrected chi connectivity index (χ0v) is 9.60. The molecule has 1 N–H and O–H groups in total. The van der Waals surface area contributed by atoms with E-state index in [1.807, 2.05) is 19.9 Å². The Morgan fingerprint density at radius 1 is 1.38 bits per heavy atom. The maximum absolute atomic E-state index is 10.7. The van der Waals surface area contributed by atoms with Crippen LogP contribution in [0.25, 0.3) is 0 Å². The van der Waals surface area contributed by atoms with E-state index in [-0.39, 0.29) is 0 Å². The first-order valence-electron chi connectivity index (χ1n) is 4.19. The van der Waals surface area contributed by atoms with Crippen LogP contribution >= 0.6 is 15.9 Å². The van der Waals surface area contributed by atoms with Crippen molar-refractivity contribution >= 4 is 21.9 Å². The fraction of sp³-hybridized carbons (Fsp3) is 0.500. The summed E-state index contributed by atoms with van der Waals surface area (Å²) in [6.07, 6.45) is 5.14. The van der Waals surface area contributed by atoms with Crippen molar-refractivity contribution in [2.75, 3.05) is 5.33 Å². The van der Waals surface area contributed by atoms with E-state index in [1.165, 1.54) is 5.57 Å². The lowest BCUT2D eigenvalue weighted by atomic mass is 10.1. The summed E-state index contributed by atoms with van der Waals surface area (Å²) < 4.78 is 0. The van der Waals surface area contributed by atoms with Gasteiger partial charge in [-0.3, -0.25) is 0 Å². The second kappa shape index (κ2) is 6.89. The molecule has 0 aromatic heterocycles. The highest BCUT2D eigenvalue weighted by molar-refractivity contribution is 9.09. The number of carboxylic acid groups (broad SMARTS) is 1. The predicted octanol–water partition coefficient (Wildman–Crippen LogP) is 3.14. The fourth-order valence-electron chi connectivity index (χ4n) is 0.906. The van der Waals surface area contributed by atoms with Gasteiger partial charge in [-0.2, -0.15) is 0 Å². The van der Waals surface area contributed by atoms with Crippen molar-refractivity contribution in [3.8, 4) is 0 Å². The van der Waals surface area contributed by atoms with Crippen LogP contribution < -0.4 is 0 Å². The first-order valence-corrected chi connectivity index (χ1v) is 5.31. The van der Waals surface area contributed by atoms with E-state index in [0.29, 0.717) is 17.3 Å². The van der Waals surface area contributed by atoms with E-state index in [0.717, 1.165) is 6.42 Å². The minimum absolute atomic E-state index is 0.481. The van der Waals surface area contributed by atoms with Crippen molar-refractivity contribution < 1.29 is 9.90 Å². The van der Waals surface area contributed by atoms with E-state index >= 15 is 0 Å². The number of hydrogen-bond acceptors (Lipinski definition) is 1. The molecule has 0 heterocycles. The molecule has 0 bridgehead atoms. The molecule has 0 aliphatic heterocycles. The Hall–Kier alpha value is -0.570. The molecular weight excluding hydrogens is 232 g/mol. The Bertz CT molecular complexity index is 225. The summed E-state index contributed by atoms with van der Waals surface area (Å²) in [5, 5.41) is 9.36. The van der Waals surface area contributed by atoms with Crippen LogP contribution in [0.5, 0.6) is 0 Å². The lowest BCUT2D eigenvalue weighted by molar-refractivity contribution is -0.132. The van der Waals surface area contributed by atoms with E-state index in [9.17, 15) is 4.79 Å². The third kappa shape index (κ3) is 6.58. The average Bonchev–Trinajstić information content (AvgIpc) is 2.02. The Balaban J connectivity index is 4.06. The van der Waals surface area contributed by atoms with Gasteiger partial charge >= 0.3 is 5.97 Å². The van der Waals surface area contributed by atoms with Crippen molar-refractivity contribution in [2.24, 2.45) is 0 Å². The smallest absolute Gasteiger partial charge is 0.331 e. The highest BCUT2D eigenvalue weighted by Crippen LogP contribution is 2.08. The van der Waals surface area contributed by atoms with Gasteiger partial charge in [0.1, 0.15) is 0 Å². The summed E-state index contributed by atoms with van der Waals surface area (Å²) in [4.78, 5) is 10.7. The number of rotatable bonds is 5. The topological polar surface area (TPSA) is 37.3 Å². The number of carboxylic acids is 1. The van der Waals surface area contributed by atoms with Crippen molar-refractivity contribution in [3.05, 3.63) is 23.3 Å². The van der Waals surface area contributed by atoms with E-state index in [4.69, 9.17) is 5.11 Å². The highest BCUT2D eigenvalue weighted by Gasteiger charge is 2.04. The van der Waals surface area contributed by atoms with Crippen LogP contribution in [0.15, 0.2) is 23.3 Å². The lowest BCUT2D eigenvalue weighted by Crippen LogP contribution is -2.00. The molecule has 13 heavy (non-hydrogen) atoms. The largest absolute Gasteiger partial charge is 0.478 e. The second-order valence-electron chi connectivity index (χ2n) is 3.01. The zero-order valence-electron chi connectivity index (χ0n) is 8.01. The molecule has 0 aromatic rings. The summed E-state index contributed by atoms with van der Waals surface area (Å²) >= 11 is 3.18. The molecule has 0 unspecified atom stereocenters. The first kappa shape index (κ1) is 12.4. The molecule has 0 saturated heterocycles. The lowest BCUT2D eigenvalue weighted by Gasteiger charge is -1.98. The van der Waals surface area contributed by atoms with E-state index in [1.54, 1.807) is 6.08 Å². The normalized spacial score (nSPS) is 11.2. The number of hydrogen-bond donors (Lipinski definition) is 1. The summed E-state index contributed by atoms with van der Waals surface area (Å²) in [6, 6.07) is 0. The number of aliphatic carboxylic acids is 1. The van der Waals surface area contributed by atoms with Gasteiger partial charge in [0.15, 0.2) is 0 Å². The van der Waals surface area contributed by atoms with E-state index < -0.39 is 5.97 Å².